The van der Waals surface area contributed by atoms with Gasteiger partial charge >= 0.3 is 5.69 Å². The van der Waals surface area contributed by atoms with E-state index >= 15 is 0 Å². The zero-order chi connectivity index (χ0) is 15.7. The van der Waals surface area contributed by atoms with E-state index in [1.54, 1.807) is 11.0 Å². The SMILES string of the molecule is C[C@H]1CN(C(=O)Cn2nnn(-c3cccs3)c2=O)[C@@H](C)CO1. The Labute approximate surface area is 130 Å². The Morgan fingerprint density at radius 1 is 1.45 bits per heavy atom. The Kier molecular flexibility index (Phi) is 4.08. The minimum Gasteiger partial charge on any atom is -0.375 e. The molecule has 1 aliphatic rings. The van der Waals surface area contributed by atoms with Crippen LogP contribution >= 0.6 is 11.3 Å². The minimum atomic E-state index is -0.412. The lowest BCUT2D eigenvalue weighted by Gasteiger charge is -2.36. The summed E-state index contributed by atoms with van der Waals surface area (Å²) < 4.78 is 7.79. The van der Waals surface area contributed by atoms with Gasteiger partial charge in [-0.15, -0.1) is 11.3 Å². The van der Waals surface area contributed by atoms with E-state index in [4.69, 9.17) is 4.74 Å². The largest absolute Gasteiger partial charge is 0.375 e. The van der Waals surface area contributed by atoms with Crippen molar-refractivity contribution in [3.05, 3.63) is 28.0 Å². The molecule has 0 unspecified atom stereocenters. The van der Waals surface area contributed by atoms with E-state index in [1.807, 2.05) is 25.3 Å². The van der Waals surface area contributed by atoms with Gasteiger partial charge in [-0.1, -0.05) is 0 Å². The average Bonchev–Trinajstić information content (AvgIpc) is 3.12. The highest BCUT2D eigenvalue weighted by molar-refractivity contribution is 7.12. The van der Waals surface area contributed by atoms with Crippen molar-refractivity contribution in [3.8, 4) is 5.00 Å². The summed E-state index contributed by atoms with van der Waals surface area (Å²) in [5.41, 5.74) is -0.412. The lowest BCUT2D eigenvalue weighted by Crippen LogP contribution is -2.51. The second-order valence-electron chi connectivity index (χ2n) is 5.32. The molecule has 2 aromatic heterocycles. The quantitative estimate of drug-likeness (QED) is 0.802. The van der Waals surface area contributed by atoms with Crippen LogP contribution in [0, 0.1) is 0 Å². The number of thiophene rings is 1. The predicted octanol–water partition coefficient (Wildman–Crippen LogP) is 0.126. The number of hydrogen-bond donors (Lipinski definition) is 0. The molecule has 2 atom stereocenters. The number of amides is 1. The highest BCUT2D eigenvalue weighted by Gasteiger charge is 2.28. The lowest BCUT2D eigenvalue weighted by molar-refractivity contribution is -0.144. The second kappa shape index (κ2) is 6.01. The molecule has 3 rings (SSSR count). The first kappa shape index (κ1) is 14.9. The van der Waals surface area contributed by atoms with Crippen molar-refractivity contribution in [3.63, 3.8) is 0 Å². The third kappa shape index (κ3) is 2.81. The first-order valence-corrected chi connectivity index (χ1v) is 7.92. The predicted molar refractivity (Wildman–Crippen MR) is 80.1 cm³/mol. The van der Waals surface area contributed by atoms with Gasteiger partial charge in [0.2, 0.25) is 5.91 Å². The number of hydrogen-bond acceptors (Lipinski definition) is 6. The average molecular weight is 323 g/mol. The molecule has 0 bridgehead atoms. The van der Waals surface area contributed by atoms with Gasteiger partial charge in [0, 0.05) is 6.54 Å². The second-order valence-corrected chi connectivity index (χ2v) is 6.25. The molecule has 0 spiro atoms. The molecule has 3 heterocycles. The first-order chi connectivity index (χ1) is 10.6. The molecule has 0 N–H and O–H groups in total. The monoisotopic (exact) mass is 323 g/mol. The van der Waals surface area contributed by atoms with Crippen LogP contribution in [0.4, 0.5) is 0 Å². The van der Waals surface area contributed by atoms with Crippen LogP contribution in [0.2, 0.25) is 0 Å². The Hall–Kier alpha value is -2.00. The van der Waals surface area contributed by atoms with Gasteiger partial charge in [0.15, 0.2) is 0 Å². The normalized spacial score (nSPS) is 22.0. The first-order valence-electron chi connectivity index (χ1n) is 7.04. The summed E-state index contributed by atoms with van der Waals surface area (Å²) in [7, 11) is 0. The van der Waals surface area contributed by atoms with Gasteiger partial charge < -0.3 is 9.64 Å². The molecule has 1 saturated heterocycles. The molecule has 2 aromatic rings. The zero-order valence-electron chi connectivity index (χ0n) is 12.4. The summed E-state index contributed by atoms with van der Waals surface area (Å²) in [6.45, 7) is 4.76. The van der Waals surface area contributed by atoms with E-state index < -0.39 is 5.69 Å². The van der Waals surface area contributed by atoms with E-state index in [0.717, 1.165) is 4.68 Å². The molecule has 0 aliphatic carbocycles. The maximum atomic E-state index is 12.4. The Bertz CT molecular complexity index is 708. The van der Waals surface area contributed by atoms with Crippen LogP contribution in [-0.2, 0) is 16.1 Å². The van der Waals surface area contributed by atoms with Gasteiger partial charge in [-0.3, -0.25) is 4.79 Å². The highest BCUT2D eigenvalue weighted by Crippen LogP contribution is 2.12. The maximum Gasteiger partial charge on any atom is 0.369 e. The summed E-state index contributed by atoms with van der Waals surface area (Å²) in [6, 6.07) is 3.60. The Morgan fingerprint density at radius 2 is 2.27 bits per heavy atom. The van der Waals surface area contributed by atoms with Crippen molar-refractivity contribution in [2.75, 3.05) is 13.2 Å². The number of carbonyl (C=O) groups excluding carboxylic acids is 1. The summed E-state index contributed by atoms with van der Waals surface area (Å²) in [4.78, 5) is 26.4. The van der Waals surface area contributed by atoms with Crippen molar-refractivity contribution in [1.82, 2.24) is 24.7 Å². The molecule has 1 aliphatic heterocycles. The summed E-state index contributed by atoms with van der Waals surface area (Å²) in [5, 5.41) is 10.1. The molecule has 0 aromatic carbocycles. The highest BCUT2D eigenvalue weighted by atomic mass is 32.1. The fourth-order valence-corrected chi connectivity index (χ4v) is 3.04. The molecule has 8 nitrogen and oxygen atoms in total. The van der Waals surface area contributed by atoms with Crippen LogP contribution in [0.5, 0.6) is 0 Å². The molecular weight excluding hydrogens is 306 g/mol. The lowest BCUT2D eigenvalue weighted by atomic mass is 10.2. The third-order valence-electron chi connectivity index (χ3n) is 3.57. The summed E-state index contributed by atoms with van der Waals surface area (Å²) in [5.74, 6) is -0.150. The minimum absolute atomic E-state index is 0.00123. The van der Waals surface area contributed by atoms with E-state index in [-0.39, 0.29) is 24.6 Å². The van der Waals surface area contributed by atoms with Crippen molar-refractivity contribution in [2.24, 2.45) is 0 Å². The number of morpholine rings is 1. The Balaban J connectivity index is 1.76. The zero-order valence-corrected chi connectivity index (χ0v) is 13.2. The van der Waals surface area contributed by atoms with Gasteiger partial charge in [-0.05, 0) is 41.8 Å². The molecule has 0 saturated carbocycles. The van der Waals surface area contributed by atoms with Crippen LogP contribution in [-0.4, -0.2) is 55.9 Å². The van der Waals surface area contributed by atoms with E-state index in [1.165, 1.54) is 16.0 Å². The van der Waals surface area contributed by atoms with Gasteiger partial charge in [-0.2, -0.15) is 9.36 Å². The van der Waals surface area contributed by atoms with E-state index in [9.17, 15) is 9.59 Å². The van der Waals surface area contributed by atoms with Crippen LogP contribution < -0.4 is 5.69 Å². The summed E-state index contributed by atoms with van der Waals surface area (Å²) >= 11 is 1.39. The molecule has 0 radical (unpaired) electrons. The molecule has 1 fully saturated rings. The van der Waals surface area contributed by atoms with Gasteiger partial charge in [0.1, 0.15) is 11.5 Å². The molecular formula is C13H17N5O3S. The molecule has 9 heteroatoms. The number of aromatic nitrogens is 4. The van der Waals surface area contributed by atoms with Crippen molar-refractivity contribution in [2.45, 2.75) is 32.5 Å². The van der Waals surface area contributed by atoms with Crippen LogP contribution in [0.25, 0.3) is 5.00 Å². The van der Waals surface area contributed by atoms with Gasteiger partial charge in [-0.25, -0.2) is 4.79 Å². The topological polar surface area (TPSA) is 82.3 Å². The van der Waals surface area contributed by atoms with Gasteiger partial charge in [0.05, 0.1) is 18.8 Å². The fourth-order valence-electron chi connectivity index (χ4n) is 2.37. The van der Waals surface area contributed by atoms with E-state index in [2.05, 4.69) is 10.4 Å². The number of carbonyl (C=O) groups is 1. The number of tetrazole rings is 1. The third-order valence-corrected chi connectivity index (χ3v) is 4.41. The number of nitrogens with zero attached hydrogens (tertiary/aromatic N) is 5. The van der Waals surface area contributed by atoms with Crippen LogP contribution in [0.1, 0.15) is 13.8 Å². The van der Waals surface area contributed by atoms with E-state index in [0.29, 0.717) is 18.2 Å². The molecule has 118 valence electrons. The van der Waals surface area contributed by atoms with Crippen molar-refractivity contribution < 1.29 is 9.53 Å². The standard InChI is InChI=1S/C13H17N5O3S/c1-9-8-21-10(2)6-16(9)11(19)7-17-13(20)18(15-14-17)12-4-3-5-22-12/h3-5,9-10H,6-8H2,1-2H3/t9-,10-/m0/s1. The maximum absolute atomic E-state index is 12.4. The van der Waals surface area contributed by atoms with Crippen molar-refractivity contribution >= 4 is 17.2 Å². The molecule has 1 amide bonds. The molecule has 22 heavy (non-hydrogen) atoms. The van der Waals surface area contributed by atoms with Gasteiger partial charge in [0.25, 0.3) is 0 Å². The van der Waals surface area contributed by atoms with Crippen LogP contribution in [0.15, 0.2) is 22.3 Å². The van der Waals surface area contributed by atoms with Crippen molar-refractivity contribution in [1.29, 1.82) is 0 Å². The number of rotatable bonds is 3. The fraction of sp³-hybridized carbons (Fsp3) is 0.538. The Morgan fingerprint density at radius 3 is 3.00 bits per heavy atom. The van der Waals surface area contributed by atoms with Crippen LogP contribution in [0.3, 0.4) is 0 Å². The number of ether oxygens (including phenoxy) is 1. The smallest absolute Gasteiger partial charge is 0.369 e. The summed E-state index contributed by atoms with van der Waals surface area (Å²) in [6.07, 6.45) is -0.00123.